The van der Waals surface area contributed by atoms with E-state index in [9.17, 15) is 4.79 Å². The molecule has 1 unspecified atom stereocenters. The molecule has 1 aliphatic rings. The molecule has 0 spiro atoms. The van der Waals surface area contributed by atoms with Crippen LogP contribution in [-0.4, -0.2) is 21.2 Å². The molecule has 2 aromatic rings. The average Bonchev–Trinajstić information content (AvgIpc) is 3.08. The van der Waals surface area contributed by atoms with Crippen LogP contribution in [0.5, 0.6) is 0 Å². The third kappa shape index (κ3) is 3.87. The molecule has 2 N–H and O–H groups in total. The second-order valence-electron chi connectivity index (χ2n) is 6.07. The molecule has 2 aromatic heterocycles. The van der Waals surface area contributed by atoms with E-state index in [-0.39, 0.29) is 18.0 Å². The Morgan fingerprint density at radius 3 is 2.87 bits per heavy atom. The summed E-state index contributed by atoms with van der Waals surface area (Å²) in [4.78, 5) is 22.0. The summed E-state index contributed by atoms with van der Waals surface area (Å²) in [5, 5.41) is 10.3. The Balaban J connectivity index is 1.64. The third-order valence-corrected chi connectivity index (χ3v) is 4.80. The van der Waals surface area contributed by atoms with Crippen molar-refractivity contribution in [3.8, 4) is 0 Å². The molecule has 0 radical (unpaired) electrons. The highest BCUT2D eigenvalue weighted by atomic mass is 32.1. The quantitative estimate of drug-likeness (QED) is 0.843. The van der Waals surface area contributed by atoms with Crippen LogP contribution in [0.25, 0.3) is 0 Å². The van der Waals surface area contributed by atoms with Gasteiger partial charge in [0.2, 0.25) is 5.89 Å². The van der Waals surface area contributed by atoms with Crippen molar-refractivity contribution >= 4 is 22.5 Å². The summed E-state index contributed by atoms with van der Waals surface area (Å²) in [6.45, 7) is 6.06. The topological polar surface area (TPSA) is 92.9 Å². The maximum absolute atomic E-state index is 12.2. The SMILES string of the molecule is CCc1cnc(NC(=O)NC(c2nc(C3CC3)no2)C(C)C)s1. The number of anilines is 1. The summed E-state index contributed by atoms with van der Waals surface area (Å²) in [6, 6.07) is -0.632. The lowest BCUT2D eigenvalue weighted by atomic mass is 10.0. The van der Waals surface area contributed by atoms with E-state index in [1.54, 1.807) is 6.20 Å². The normalized spacial score (nSPS) is 15.7. The standard InChI is InChI=1S/C15H21N5O2S/c1-4-10-7-16-15(23-10)19-14(21)17-11(8(2)3)13-18-12(20-22-13)9-5-6-9/h7-9,11H,4-6H2,1-3H3,(H2,16,17,19,21). The monoisotopic (exact) mass is 335 g/mol. The van der Waals surface area contributed by atoms with E-state index in [2.05, 4.69) is 32.7 Å². The zero-order valence-electron chi connectivity index (χ0n) is 13.5. The Bertz CT molecular complexity index is 677. The van der Waals surface area contributed by atoms with Gasteiger partial charge in [-0.15, -0.1) is 11.3 Å². The summed E-state index contributed by atoms with van der Waals surface area (Å²) < 4.78 is 5.35. The van der Waals surface area contributed by atoms with Crippen LogP contribution in [0.4, 0.5) is 9.93 Å². The van der Waals surface area contributed by atoms with E-state index >= 15 is 0 Å². The van der Waals surface area contributed by atoms with Gasteiger partial charge >= 0.3 is 6.03 Å². The van der Waals surface area contributed by atoms with Gasteiger partial charge in [-0.2, -0.15) is 4.98 Å². The molecule has 8 heteroatoms. The van der Waals surface area contributed by atoms with Gasteiger partial charge in [-0.3, -0.25) is 5.32 Å². The van der Waals surface area contributed by atoms with Crippen molar-refractivity contribution in [1.82, 2.24) is 20.4 Å². The first-order valence-corrected chi connectivity index (χ1v) is 8.74. The number of hydrogen-bond donors (Lipinski definition) is 2. The molecule has 2 heterocycles. The van der Waals surface area contributed by atoms with Crippen LogP contribution in [0, 0.1) is 5.92 Å². The smallest absolute Gasteiger partial charge is 0.321 e. The van der Waals surface area contributed by atoms with Crippen LogP contribution < -0.4 is 10.6 Å². The summed E-state index contributed by atoms with van der Waals surface area (Å²) in [7, 11) is 0. The van der Waals surface area contributed by atoms with E-state index in [0.29, 0.717) is 16.9 Å². The Hall–Kier alpha value is -1.96. The van der Waals surface area contributed by atoms with Gasteiger partial charge in [-0.1, -0.05) is 25.9 Å². The number of urea groups is 1. The minimum Gasteiger partial charge on any atom is -0.337 e. The van der Waals surface area contributed by atoms with Gasteiger partial charge in [0.15, 0.2) is 11.0 Å². The van der Waals surface area contributed by atoms with Gasteiger partial charge in [0.05, 0.1) is 0 Å². The number of amides is 2. The zero-order valence-corrected chi connectivity index (χ0v) is 14.3. The summed E-state index contributed by atoms with van der Waals surface area (Å²) in [6.07, 6.45) is 4.91. The molecule has 1 aliphatic carbocycles. The Labute approximate surface area is 138 Å². The fourth-order valence-electron chi connectivity index (χ4n) is 2.20. The van der Waals surface area contributed by atoms with Crippen molar-refractivity contribution < 1.29 is 9.32 Å². The zero-order chi connectivity index (χ0) is 16.4. The van der Waals surface area contributed by atoms with E-state index in [1.807, 2.05) is 13.8 Å². The fraction of sp³-hybridized carbons (Fsp3) is 0.600. The third-order valence-electron chi connectivity index (χ3n) is 3.74. The molecule has 1 atom stereocenters. The molecule has 2 amide bonds. The lowest BCUT2D eigenvalue weighted by molar-refractivity contribution is 0.235. The highest BCUT2D eigenvalue weighted by Crippen LogP contribution is 2.38. The largest absolute Gasteiger partial charge is 0.337 e. The number of rotatable bonds is 6. The molecule has 1 fully saturated rings. The minimum absolute atomic E-state index is 0.135. The second kappa shape index (κ2) is 6.66. The van der Waals surface area contributed by atoms with Crippen molar-refractivity contribution in [3.63, 3.8) is 0 Å². The molecular weight excluding hydrogens is 314 g/mol. The van der Waals surface area contributed by atoms with E-state index in [0.717, 1.165) is 30.0 Å². The predicted molar refractivity (Wildman–Crippen MR) is 87.5 cm³/mol. The van der Waals surface area contributed by atoms with Crippen LogP contribution in [0.15, 0.2) is 10.7 Å². The molecule has 0 bridgehead atoms. The first kappa shape index (κ1) is 15.9. The van der Waals surface area contributed by atoms with E-state index in [1.165, 1.54) is 11.3 Å². The molecule has 124 valence electrons. The van der Waals surface area contributed by atoms with Gasteiger partial charge in [0.1, 0.15) is 6.04 Å². The van der Waals surface area contributed by atoms with Crippen LogP contribution in [0.1, 0.15) is 62.2 Å². The van der Waals surface area contributed by atoms with Gasteiger partial charge in [0, 0.05) is 17.0 Å². The number of aromatic nitrogens is 3. The highest BCUT2D eigenvalue weighted by molar-refractivity contribution is 7.15. The molecule has 7 nitrogen and oxygen atoms in total. The molecular formula is C15H21N5O2S. The Morgan fingerprint density at radius 2 is 2.26 bits per heavy atom. The van der Waals surface area contributed by atoms with Crippen LogP contribution in [0.2, 0.25) is 0 Å². The average molecular weight is 335 g/mol. The van der Waals surface area contributed by atoms with Gasteiger partial charge in [-0.25, -0.2) is 9.78 Å². The lowest BCUT2D eigenvalue weighted by Gasteiger charge is -2.18. The summed E-state index contributed by atoms with van der Waals surface area (Å²) in [5.74, 6) is 1.78. The van der Waals surface area contributed by atoms with Gasteiger partial charge in [-0.05, 0) is 25.2 Å². The number of carbonyl (C=O) groups excluding carboxylic acids is 1. The number of thiazole rings is 1. The molecule has 23 heavy (non-hydrogen) atoms. The van der Waals surface area contributed by atoms with Crippen molar-refractivity contribution in [3.05, 3.63) is 22.8 Å². The van der Waals surface area contributed by atoms with Gasteiger partial charge < -0.3 is 9.84 Å². The van der Waals surface area contributed by atoms with Crippen molar-refractivity contribution in [1.29, 1.82) is 0 Å². The van der Waals surface area contributed by atoms with Crippen molar-refractivity contribution in [2.24, 2.45) is 5.92 Å². The summed E-state index contributed by atoms with van der Waals surface area (Å²) in [5.41, 5.74) is 0. The van der Waals surface area contributed by atoms with Crippen LogP contribution in [-0.2, 0) is 6.42 Å². The fourth-order valence-corrected chi connectivity index (χ4v) is 2.94. The molecule has 1 saturated carbocycles. The van der Waals surface area contributed by atoms with E-state index in [4.69, 9.17) is 4.52 Å². The number of hydrogen-bond acceptors (Lipinski definition) is 6. The molecule has 0 aromatic carbocycles. The van der Waals surface area contributed by atoms with Crippen LogP contribution in [0.3, 0.4) is 0 Å². The van der Waals surface area contributed by atoms with E-state index < -0.39 is 0 Å². The maximum Gasteiger partial charge on any atom is 0.321 e. The number of nitrogens with zero attached hydrogens (tertiary/aromatic N) is 3. The van der Waals surface area contributed by atoms with Crippen molar-refractivity contribution in [2.75, 3.05) is 5.32 Å². The number of nitrogens with one attached hydrogen (secondary N) is 2. The second-order valence-corrected chi connectivity index (χ2v) is 7.19. The lowest BCUT2D eigenvalue weighted by Crippen LogP contribution is -2.35. The molecule has 0 aliphatic heterocycles. The first-order chi connectivity index (χ1) is 11.1. The maximum atomic E-state index is 12.2. The number of aryl methyl sites for hydroxylation is 1. The molecule has 0 saturated heterocycles. The minimum atomic E-state index is -0.319. The van der Waals surface area contributed by atoms with Crippen molar-refractivity contribution in [2.45, 2.75) is 52.0 Å². The summed E-state index contributed by atoms with van der Waals surface area (Å²) >= 11 is 1.47. The Kier molecular flexibility index (Phi) is 4.61. The highest BCUT2D eigenvalue weighted by Gasteiger charge is 2.31. The predicted octanol–water partition coefficient (Wildman–Crippen LogP) is 3.48. The Morgan fingerprint density at radius 1 is 1.48 bits per heavy atom. The number of carbonyl (C=O) groups is 1. The van der Waals surface area contributed by atoms with Gasteiger partial charge in [0.25, 0.3) is 0 Å². The molecule has 3 rings (SSSR count). The first-order valence-electron chi connectivity index (χ1n) is 7.92. The van der Waals surface area contributed by atoms with Crippen LogP contribution >= 0.6 is 11.3 Å².